The number of hydrogen-bond acceptors (Lipinski definition) is 5. The second-order valence-corrected chi connectivity index (χ2v) is 6.12. The van der Waals surface area contributed by atoms with Gasteiger partial charge in [-0.05, 0) is 58.7 Å². The molecule has 0 unspecified atom stereocenters. The number of amides is 1. The van der Waals surface area contributed by atoms with Crippen LogP contribution < -0.4 is 14.9 Å². The SMILES string of the molecule is C#CCOc1c(Br)cc(/C=N/NC(=O)c2ccc(C#N)cc2F)cc1OCC. The van der Waals surface area contributed by atoms with E-state index < -0.39 is 11.7 Å². The Morgan fingerprint density at radius 2 is 2.18 bits per heavy atom. The molecule has 142 valence electrons. The molecular formula is C20H15BrFN3O3. The lowest BCUT2D eigenvalue weighted by Crippen LogP contribution is -2.19. The summed E-state index contributed by atoms with van der Waals surface area (Å²) >= 11 is 3.38. The van der Waals surface area contributed by atoms with Crippen molar-refractivity contribution in [3.05, 3.63) is 57.3 Å². The Kier molecular flexibility index (Phi) is 7.55. The summed E-state index contributed by atoms with van der Waals surface area (Å²) in [4.78, 5) is 12.0. The summed E-state index contributed by atoms with van der Waals surface area (Å²) in [7, 11) is 0. The summed E-state index contributed by atoms with van der Waals surface area (Å²) in [5, 5.41) is 12.6. The van der Waals surface area contributed by atoms with Gasteiger partial charge in [0.1, 0.15) is 12.4 Å². The first kappa shape index (κ1) is 20.9. The van der Waals surface area contributed by atoms with Crippen molar-refractivity contribution in [1.29, 1.82) is 5.26 Å². The van der Waals surface area contributed by atoms with Crippen LogP contribution in [-0.2, 0) is 0 Å². The molecule has 0 saturated heterocycles. The van der Waals surface area contributed by atoms with Gasteiger partial charge in [-0.25, -0.2) is 9.82 Å². The first-order chi connectivity index (χ1) is 13.5. The summed E-state index contributed by atoms with van der Waals surface area (Å²) < 4.78 is 25.5. The van der Waals surface area contributed by atoms with Crippen molar-refractivity contribution in [1.82, 2.24) is 5.43 Å². The molecule has 0 aromatic heterocycles. The highest BCUT2D eigenvalue weighted by Crippen LogP contribution is 2.36. The van der Waals surface area contributed by atoms with E-state index in [2.05, 4.69) is 32.4 Å². The molecule has 6 nitrogen and oxygen atoms in total. The smallest absolute Gasteiger partial charge is 0.274 e. The van der Waals surface area contributed by atoms with Crippen molar-refractivity contribution < 1.29 is 18.7 Å². The Labute approximate surface area is 170 Å². The molecule has 0 aliphatic heterocycles. The van der Waals surface area contributed by atoms with E-state index in [1.54, 1.807) is 18.2 Å². The number of hydrazone groups is 1. The molecule has 0 bridgehead atoms. The zero-order chi connectivity index (χ0) is 20.5. The van der Waals surface area contributed by atoms with Gasteiger partial charge in [-0.2, -0.15) is 10.4 Å². The molecule has 2 aromatic carbocycles. The lowest BCUT2D eigenvalue weighted by atomic mass is 10.1. The molecule has 1 amide bonds. The number of halogens is 2. The number of nitriles is 1. The quantitative estimate of drug-likeness (QED) is 0.402. The van der Waals surface area contributed by atoms with Crippen LogP contribution >= 0.6 is 15.9 Å². The number of hydrogen-bond donors (Lipinski definition) is 1. The van der Waals surface area contributed by atoms with Crippen molar-refractivity contribution in [2.24, 2.45) is 5.10 Å². The van der Waals surface area contributed by atoms with Crippen LogP contribution in [-0.4, -0.2) is 25.3 Å². The van der Waals surface area contributed by atoms with E-state index in [0.29, 0.717) is 28.1 Å². The summed E-state index contributed by atoms with van der Waals surface area (Å²) in [6, 6.07) is 8.72. The molecule has 0 saturated carbocycles. The van der Waals surface area contributed by atoms with E-state index in [1.807, 2.05) is 6.92 Å². The zero-order valence-corrected chi connectivity index (χ0v) is 16.4. The maximum absolute atomic E-state index is 13.9. The lowest BCUT2D eigenvalue weighted by molar-refractivity contribution is 0.0951. The number of carbonyl (C=O) groups excluding carboxylic acids is 1. The van der Waals surface area contributed by atoms with Gasteiger partial charge in [-0.3, -0.25) is 4.79 Å². The molecular weight excluding hydrogens is 429 g/mol. The monoisotopic (exact) mass is 443 g/mol. The largest absolute Gasteiger partial charge is 0.490 e. The van der Waals surface area contributed by atoms with Crippen LogP contribution in [0.15, 0.2) is 39.9 Å². The Morgan fingerprint density at radius 3 is 2.82 bits per heavy atom. The molecule has 28 heavy (non-hydrogen) atoms. The van der Waals surface area contributed by atoms with Gasteiger partial charge in [-0.15, -0.1) is 6.42 Å². The predicted molar refractivity (Wildman–Crippen MR) is 106 cm³/mol. The summed E-state index contributed by atoms with van der Waals surface area (Å²) in [6.07, 6.45) is 6.59. The predicted octanol–water partition coefficient (Wildman–Crippen LogP) is 3.63. The normalized spacial score (nSPS) is 10.2. The van der Waals surface area contributed by atoms with Gasteiger partial charge in [0.2, 0.25) is 0 Å². The first-order valence-electron chi connectivity index (χ1n) is 8.05. The van der Waals surface area contributed by atoms with Crippen molar-refractivity contribution in [2.45, 2.75) is 6.92 Å². The van der Waals surface area contributed by atoms with Gasteiger partial charge >= 0.3 is 0 Å². The number of carbonyl (C=O) groups is 1. The van der Waals surface area contributed by atoms with Crippen LogP contribution in [0.5, 0.6) is 11.5 Å². The van der Waals surface area contributed by atoms with E-state index in [1.165, 1.54) is 18.3 Å². The second-order valence-electron chi connectivity index (χ2n) is 5.26. The highest BCUT2D eigenvalue weighted by molar-refractivity contribution is 9.10. The molecule has 0 aliphatic rings. The fourth-order valence-electron chi connectivity index (χ4n) is 2.17. The average Bonchev–Trinajstić information content (AvgIpc) is 2.67. The Bertz CT molecular complexity index is 993. The van der Waals surface area contributed by atoms with Crippen LogP contribution in [0.2, 0.25) is 0 Å². The molecule has 8 heteroatoms. The molecule has 0 atom stereocenters. The van der Waals surface area contributed by atoms with E-state index in [0.717, 1.165) is 6.07 Å². The van der Waals surface area contributed by atoms with Gasteiger partial charge < -0.3 is 9.47 Å². The third kappa shape index (κ3) is 5.32. The molecule has 0 spiro atoms. The molecule has 2 rings (SSSR count). The van der Waals surface area contributed by atoms with Crippen LogP contribution in [0.4, 0.5) is 4.39 Å². The molecule has 2 aromatic rings. The van der Waals surface area contributed by atoms with Crippen LogP contribution in [0, 0.1) is 29.5 Å². The number of ether oxygens (including phenoxy) is 2. The lowest BCUT2D eigenvalue weighted by Gasteiger charge is -2.13. The Hall–Kier alpha value is -3.36. The van der Waals surface area contributed by atoms with E-state index >= 15 is 0 Å². The molecule has 0 radical (unpaired) electrons. The van der Waals surface area contributed by atoms with E-state index in [9.17, 15) is 9.18 Å². The minimum atomic E-state index is -0.803. The van der Waals surface area contributed by atoms with Crippen molar-refractivity contribution in [3.63, 3.8) is 0 Å². The zero-order valence-electron chi connectivity index (χ0n) is 14.8. The Morgan fingerprint density at radius 1 is 1.39 bits per heavy atom. The van der Waals surface area contributed by atoms with Crippen LogP contribution in [0.3, 0.4) is 0 Å². The highest BCUT2D eigenvalue weighted by Gasteiger charge is 2.13. The first-order valence-corrected chi connectivity index (χ1v) is 8.85. The Balaban J connectivity index is 2.16. The minimum absolute atomic E-state index is 0.0817. The van der Waals surface area contributed by atoms with Crippen molar-refractivity contribution in [3.8, 4) is 29.9 Å². The third-order valence-electron chi connectivity index (χ3n) is 3.35. The number of rotatable bonds is 7. The van der Waals surface area contributed by atoms with Gasteiger partial charge in [0.25, 0.3) is 5.91 Å². The highest BCUT2D eigenvalue weighted by atomic mass is 79.9. The van der Waals surface area contributed by atoms with Crippen LogP contribution in [0.25, 0.3) is 0 Å². The maximum atomic E-state index is 13.9. The number of terminal acetylenes is 1. The van der Waals surface area contributed by atoms with Gasteiger partial charge in [0, 0.05) is 0 Å². The topological polar surface area (TPSA) is 83.7 Å². The van der Waals surface area contributed by atoms with Crippen LogP contribution in [0.1, 0.15) is 28.4 Å². The van der Waals surface area contributed by atoms with Crippen molar-refractivity contribution in [2.75, 3.05) is 13.2 Å². The standard InChI is InChI=1S/C20H15BrFN3O3/c1-3-7-28-19-16(21)8-14(10-18(19)27-4-2)12-24-25-20(26)15-6-5-13(11-23)9-17(15)22/h1,5-6,8-10,12H,4,7H2,2H3,(H,25,26)/b24-12+. The summed E-state index contributed by atoms with van der Waals surface area (Å²) in [5.74, 6) is 1.75. The fraction of sp³-hybridized carbons (Fsp3) is 0.150. The summed E-state index contributed by atoms with van der Waals surface area (Å²) in [5.41, 5.74) is 2.75. The van der Waals surface area contributed by atoms with Crippen molar-refractivity contribution >= 4 is 28.1 Å². The van der Waals surface area contributed by atoms with Gasteiger partial charge in [0.05, 0.1) is 34.5 Å². The molecule has 1 N–H and O–H groups in total. The van der Waals surface area contributed by atoms with Gasteiger partial charge in [-0.1, -0.05) is 5.92 Å². The second kappa shape index (κ2) is 10.1. The molecule has 0 aliphatic carbocycles. The average molecular weight is 444 g/mol. The number of nitrogens with one attached hydrogen (secondary N) is 1. The maximum Gasteiger partial charge on any atom is 0.274 e. The summed E-state index contributed by atoms with van der Waals surface area (Å²) in [6.45, 7) is 2.32. The van der Waals surface area contributed by atoms with Gasteiger partial charge in [0.15, 0.2) is 11.5 Å². The number of nitrogens with zero attached hydrogens (tertiary/aromatic N) is 2. The third-order valence-corrected chi connectivity index (χ3v) is 3.94. The molecule has 0 heterocycles. The van der Waals surface area contributed by atoms with E-state index in [4.69, 9.17) is 21.2 Å². The fourth-order valence-corrected chi connectivity index (χ4v) is 2.75. The number of benzene rings is 2. The minimum Gasteiger partial charge on any atom is -0.490 e. The van der Waals surface area contributed by atoms with E-state index in [-0.39, 0.29) is 17.7 Å². The molecule has 0 fully saturated rings.